The van der Waals surface area contributed by atoms with Gasteiger partial charge >= 0.3 is 5.51 Å². The van der Waals surface area contributed by atoms with Crippen molar-refractivity contribution in [3.05, 3.63) is 29.8 Å². The van der Waals surface area contributed by atoms with Crippen LogP contribution in [0.4, 0.5) is 18.9 Å². The van der Waals surface area contributed by atoms with Crippen molar-refractivity contribution in [1.82, 2.24) is 4.98 Å². The number of halogens is 3. The summed E-state index contributed by atoms with van der Waals surface area (Å²) in [6.07, 6.45) is -0.765. The average Bonchev–Trinajstić information content (AvgIpc) is 2.59. The number of aromatic nitrogens is 1. The summed E-state index contributed by atoms with van der Waals surface area (Å²) in [7, 11) is 0. The van der Waals surface area contributed by atoms with E-state index in [4.69, 9.17) is 4.74 Å². The minimum atomic E-state index is -4.46. The van der Waals surface area contributed by atoms with Crippen molar-refractivity contribution < 1.29 is 27.2 Å². The largest absolute Gasteiger partial charge is 0.493 e. The Morgan fingerprint density at radius 1 is 1.37 bits per heavy atom. The van der Waals surface area contributed by atoms with Crippen LogP contribution in [-0.2, 0) is 8.92 Å². The van der Waals surface area contributed by atoms with E-state index in [9.17, 15) is 23.5 Å². The predicted molar refractivity (Wildman–Crippen MR) is 94.3 cm³/mol. The first-order chi connectivity index (χ1) is 12.8. The number of hydrogen-bond acceptors (Lipinski definition) is 7. The van der Waals surface area contributed by atoms with Gasteiger partial charge in [-0.1, -0.05) is 0 Å². The number of aromatic hydroxyl groups is 1. The lowest BCUT2D eigenvalue weighted by Gasteiger charge is -2.38. The van der Waals surface area contributed by atoms with Crippen molar-refractivity contribution in [3.8, 4) is 11.9 Å². The average molecular weight is 399 g/mol. The molecule has 2 atom stereocenters. The first-order valence-electron chi connectivity index (χ1n) is 8.07. The lowest BCUT2D eigenvalue weighted by atomic mass is 10.1. The summed E-state index contributed by atoms with van der Waals surface area (Å²) in [5.41, 5.74) is -3.00. The molecule has 1 aliphatic rings. The second-order valence-electron chi connectivity index (χ2n) is 6.10. The van der Waals surface area contributed by atoms with Gasteiger partial charge in [0.15, 0.2) is 0 Å². The monoisotopic (exact) mass is 399 g/mol. The van der Waals surface area contributed by atoms with Crippen LogP contribution in [0.2, 0.25) is 0 Å². The van der Waals surface area contributed by atoms with Gasteiger partial charge in [0.1, 0.15) is 18.1 Å². The zero-order chi connectivity index (χ0) is 19.6. The first-order valence-corrected chi connectivity index (χ1v) is 8.81. The Labute approximate surface area is 157 Å². The number of ether oxygens (including phenoxy) is 1. The Balaban J connectivity index is 1.84. The van der Waals surface area contributed by atoms with Crippen LogP contribution in [-0.4, -0.2) is 47.5 Å². The molecule has 0 aliphatic carbocycles. The van der Waals surface area contributed by atoms with Gasteiger partial charge in [-0.2, -0.15) is 18.4 Å². The zero-order valence-electron chi connectivity index (χ0n) is 14.2. The van der Waals surface area contributed by atoms with Crippen LogP contribution < -0.4 is 4.90 Å². The fraction of sp³-hybridized carbons (Fsp3) is 0.412. The molecule has 1 aromatic heterocycles. The third-order valence-electron chi connectivity index (χ3n) is 4.01. The molecule has 1 aromatic carbocycles. The molecule has 6 nitrogen and oxygen atoms in total. The molecule has 144 valence electrons. The first kappa shape index (κ1) is 19.5. The standard InChI is InChI=1S/C17H16F3N3O3S/c1-10-7-23(8-12(26-10)9-25-27-17(18,19)20)14-4-2-11(6-21)16-13(14)3-5-15(24)22-16/h2-5,10,12H,7-9H2,1H3,(H,22,24). The highest BCUT2D eigenvalue weighted by atomic mass is 32.2. The summed E-state index contributed by atoms with van der Waals surface area (Å²) in [5.74, 6) is -0.193. The topological polar surface area (TPSA) is 78.6 Å². The van der Waals surface area contributed by atoms with Crippen molar-refractivity contribution in [2.75, 3.05) is 24.6 Å². The van der Waals surface area contributed by atoms with E-state index in [1.807, 2.05) is 17.9 Å². The molecule has 1 N–H and O–H groups in total. The maximum absolute atomic E-state index is 12.2. The van der Waals surface area contributed by atoms with Crippen LogP contribution in [0.15, 0.2) is 24.3 Å². The number of morpholine rings is 1. The van der Waals surface area contributed by atoms with E-state index in [0.717, 1.165) is 5.69 Å². The van der Waals surface area contributed by atoms with E-state index in [0.29, 0.717) is 29.6 Å². The Morgan fingerprint density at radius 2 is 2.15 bits per heavy atom. The summed E-state index contributed by atoms with van der Waals surface area (Å²) < 4.78 is 47.1. The Kier molecular flexibility index (Phi) is 5.64. The van der Waals surface area contributed by atoms with Crippen LogP contribution in [0.25, 0.3) is 10.9 Å². The molecule has 0 radical (unpaired) electrons. The van der Waals surface area contributed by atoms with E-state index >= 15 is 0 Å². The summed E-state index contributed by atoms with van der Waals surface area (Å²) >= 11 is -0.538. The summed E-state index contributed by atoms with van der Waals surface area (Å²) in [6.45, 7) is 2.46. The summed E-state index contributed by atoms with van der Waals surface area (Å²) in [6, 6.07) is 8.50. The Bertz CT molecular complexity index is 872. The highest BCUT2D eigenvalue weighted by Gasteiger charge is 2.32. The maximum Gasteiger partial charge on any atom is 0.467 e. The van der Waals surface area contributed by atoms with Crippen molar-refractivity contribution in [2.24, 2.45) is 0 Å². The van der Waals surface area contributed by atoms with E-state index < -0.39 is 23.7 Å². The molecule has 0 amide bonds. The van der Waals surface area contributed by atoms with Gasteiger partial charge in [0.2, 0.25) is 5.88 Å². The van der Waals surface area contributed by atoms with Crippen molar-refractivity contribution in [3.63, 3.8) is 0 Å². The SMILES string of the molecule is CC1CN(c2ccc(C#N)c3nc(O)ccc23)CC(COSC(F)(F)F)O1. The number of nitrogens with zero attached hydrogens (tertiary/aromatic N) is 3. The maximum atomic E-state index is 12.2. The number of rotatable bonds is 4. The third-order valence-corrected chi connectivity index (χ3v) is 4.46. The molecule has 1 aliphatic heterocycles. The Morgan fingerprint density at radius 3 is 2.85 bits per heavy atom. The van der Waals surface area contributed by atoms with Gasteiger partial charge in [0, 0.05) is 30.2 Å². The van der Waals surface area contributed by atoms with Gasteiger partial charge in [-0.15, -0.1) is 0 Å². The third kappa shape index (κ3) is 4.74. The lowest BCUT2D eigenvalue weighted by molar-refractivity contribution is -0.0521. The minimum Gasteiger partial charge on any atom is -0.493 e. The van der Waals surface area contributed by atoms with Gasteiger partial charge in [-0.05, 0) is 25.1 Å². The number of alkyl halides is 3. The second-order valence-corrected chi connectivity index (χ2v) is 6.96. The highest BCUT2D eigenvalue weighted by Crippen LogP contribution is 2.33. The highest BCUT2D eigenvalue weighted by molar-refractivity contribution is 7.95. The van der Waals surface area contributed by atoms with Crippen LogP contribution in [0, 0.1) is 11.3 Å². The Hall–Kier alpha value is -2.22. The number of benzene rings is 1. The number of fused-ring (bicyclic) bond motifs is 1. The molecule has 3 rings (SSSR count). The van der Waals surface area contributed by atoms with Gasteiger partial charge in [0.25, 0.3) is 0 Å². The van der Waals surface area contributed by atoms with Crippen LogP contribution in [0.5, 0.6) is 5.88 Å². The molecule has 2 aromatic rings. The molecule has 2 unspecified atom stereocenters. The van der Waals surface area contributed by atoms with Crippen molar-refractivity contribution in [1.29, 1.82) is 5.26 Å². The lowest BCUT2D eigenvalue weighted by Crippen LogP contribution is -2.48. The number of nitriles is 1. The molecule has 1 fully saturated rings. The fourth-order valence-corrected chi connectivity index (χ4v) is 3.42. The van der Waals surface area contributed by atoms with Gasteiger partial charge in [-0.25, -0.2) is 4.98 Å². The van der Waals surface area contributed by atoms with Crippen LogP contribution in [0.1, 0.15) is 12.5 Å². The zero-order valence-corrected chi connectivity index (χ0v) is 15.0. The van der Waals surface area contributed by atoms with Crippen molar-refractivity contribution >= 4 is 28.6 Å². The quantitative estimate of drug-likeness (QED) is 0.787. The predicted octanol–water partition coefficient (Wildman–Crippen LogP) is 3.59. The van der Waals surface area contributed by atoms with E-state index in [1.165, 1.54) is 6.07 Å². The molecular formula is C17H16F3N3O3S. The summed E-state index contributed by atoms with van der Waals surface area (Å²) in [4.78, 5) is 6.00. The van der Waals surface area contributed by atoms with Crippen molar-refractivity contribution in [2.45, 2.75) is 24.6 Å². The molecular weight excluding hydrogens is 383 g/mol. The number of anilines is 1. The summed E-state index contributed by atoms with van der Waals surface area (Å²) in [5, 5.41) is 19.6. The van der Waals surface area contributed by atoms with Crippen LogP contribution in [0.3, 0.4) is 0 Å². The normalized spacial score (nSPS) is 20.6. The fourth-order valence-electron chi connectivity index (χ4n) is 3.07. The molecule has 0 spiro atoms. The van der Waals surface area contributed by atoms with Crippen LogP contribution >= 0.6 is 12.0 Å². The minimum absolute atomic E-state index is 0.193. The molecule has 0 bridgehead atoms. The van der Waals surface area contributed by atoms with Gasteiger partial charge in [0.05, 0.1) is 29.9 Å². The number of hydrogen-bond donors (Lipinski definition) is 1. The molecule has 10 heteroatoms. The van der Waals surface area contributed by atoms with E-state index in [-0.39, 0.29) is 18.6 Å². The second kappa shape index (κ2) is 7.80. The molecule has 27 heavy (non-hydrogen) atoms. The van der Waals surface area contributed by atoms with Gasteiger partial charge < -0.3 is 18.9 Å². The molecule has 0 saturated carbocycles. The molecule has 1 saturated heterocycles. The number of pyridine rings is 1. The smallest absolute Gasteiger partial charge is 0.467 e. The van der Waals surface area contributed by atoms with E-state index in [2.05, 4.69) is 9.17 Å². The van der Waals surface area contributed by atoms with Gasteiger partial charge in [-0.3, -0.25) is 0 Å². The molecule has 2 heterocycles. The van der Waals surface area contributed by atoms with E-state index in [1.54, 1.807) is 18.2 Å².